The summed E-state index contributed by atoms with van der Waals surface area (Å²) in [5.74, 6) is 0.382. The van der Waals surface area contributed by atoms with Gasteiger partial charge in [-0.3, -0.25) is 4.79 Å². The number of hydrogen-bond donors (Lipinski definition) is 2. The molecule has 6 heteroatoms. The first-order chi connectivity index (χ1) is 8.92. The molecule has 1 unspecified atom stereocenters. The Morgan fingerprint density at radius 1 is 1.63 bits per heavy atom. The third-order valence-electron chi connectivity index (χ3n) is 3.94. The van der Waals surface area contributed by atoms with Crippen LogP contribution in [0.25, 0.3) is 0 Å². The van der Waals surface area contributed by atoms with Crippen LogP contribution in [0, 0.1) is 11.3 Å². The molecule has 1 aliphatic carbocycles. The number of amides is 1. The Morgan fingerprint density at radius 2 is 2.21 bits per heavy atom. The molecule has 0 radical (unpaired) electrons. The average molecular weight is 271 g/mol. The van der Waals surface area contributed by atoms with Crippen molar-refractivity contribution in [2.45, 2.75) is 39.7 Å². The van der Waals surface area contributed by atoms with Crippen LogP contribution in [-0.4, -0.2) is 48.2 Å². The molecule has 0 bridgehead atoms. The van der Waals surface area contributed by atoms with Crippen molar-refractivity contribution in [2.24, 2.45) is 22.2 Å². The largest absolute Gasteiger partial charge is 0.409 e. The van der Waals surface area contributed by atoms with E-state index in [-0.39, 0.29) is 17.8 Å². The van der Waals surface area contributed by atoms with Crippen molar-refractivity contribution in [3.8, 4) is 0 Å². The minimum atomic E-state index is -0.827. The lowest BCUT2D eigenvalue weighted by atomic mass is 9.61. The van der Waals surface area contributed by atoms with Crippen molar-refractivity contribution >= 4 is 11.7 Å². The van der Waals surface area contributed by atoms with Gasteiger partial charge in [-0.15, -0.1) is 0 Å². The molecule has 1 fully saturated rings. The number of rotatable bonds is 6. The van der Waals surface area contributed by atoms with Crippen LogP contribution in [0.5, 0.6) is 0 Å². The highest BCUT2D eigenvalue weighted by Gasteiger charge is 2.54. The fraction of sp³-hybridized carbons (Fsp3) is 0.846. The summed E-state index contributed by atoms with van der Waals surface area (Å²) in [7, 11) is 1.61. The van der Waals surface area contributed by atoms with Gasteiger partial charge in [0.05, 0.1) is 12.6 Å². The summed E-state index contributed by atoms with van der Waals surface area (Å²) in [6.07, 6.45) is 1.27. The average Bonchev–Trinajstić information content (AvgIpc) is 2.34. The van der Waals surface area contributed by atoms with Crippen molar-refractivity contribution in [3.63, 3.8) is 0 Å². The second kappa shape index (κ2) is 6.23. The Labute approximate surface area is 114 Å². The summed E-state index contributed by atoms with van der Waals surface area (Å²) < 4.78 is 5.10. The van der Waals surface area contributed by atoms with Gasteiger partial charge in [0.2, 0.25) is 5.91 Å². The number of nitrogens with two attached hydrogens (primary N) is 1. The summed E-state index contributed by atoms with van der Waals surface area (Å²) in [5, 5.41) is 12.0. The molecule has 0 aliphatic heterocycles. The Balaban J connectivity index is 2.93. The molecule has 1 saturated carbocycles. The lowest BCUT2D eigenvalue weighted by molar-refractivity contribution is -0.147. The van der Waals surface area contributed by atoms with E-state index >= 15 is 0 Å². The van der Waals surface area contributed by atoms with E-state index < -0.39 is 5.41 Å². The quantitative estimate of drug-likeness (QED) is 0.327. The third-order valence-corrected chi connectivity index (χ3v) is 3.94. The number of likely N-dealkylation sites (N-methyl/N-ethyl adjacent to an activating group) is 1. The third kappa shape index (κ3) is 2.83. The Morgan fingerprint density at radius 3 is 2.58 bits per heavy atom. The highest BCUT2D eigenvalue weighted by Crippen LogP contribution is 2.47. The molecule has 3 N–H and O–H groups in total. The summed E-state index contributed by atoms with van der Waals surface area (Å²) >= 11 is 0. The van der Waals surface area contributed by atoms with Gasteiger partial charge in [-0.1, -0.05) is 12.1 Å². The standard InChI is InChI=1S/C13H25N3O3/c1-5-16(10(3)8-19-4)12(17)13(11(14)15-18)6-9(2)7-13/h9-10,18H,5-8H2,1-4H3,(H2,14,15). The first kappa shape index (κ1) is 15.8. The zero-order chi connectivity index (χ0) is 14.6. The van der Waals surface area contributed by atoms with E-state index in [2.05, 4.69) is 12.1 Å². The summed E-state index contributed by atoms with van der Waals surface area (Å²) in [5.41, 5.74) is 4.94. The SMILES string of the molecule is CCN(C(=O)C1(C(N)=NO)CC(C)C1)C(C)COC. The van der Waals surface area contributed by atoms with Gasteiger partial charge < -0.3 is 20.6 Å². The topological polar surface area (TPSA) is 88.2 Å². The van der Waals surface area contributed by atoms with Gasteiger partial charge in [0, 0.05) is 13.7 Å². The maximum absolute atomic E-state index is 12.7. The minimum Gasteiger partial charge on any atom is -0.409 e. The van der Waals surface area contributed by atoms with Gasteiger partial charge in [-0.25, -0.2) is 0 Å². The highest BCUT2D eigenvalue weighted by atomic mass is 16.5. The van der Waals surface area contributed by atoms with Crippen LogP contribution in [0.4, 0.5) is 0 Å². The maximum Gasteiger partial charge on any atom is 0.236 e. The number of hydrogen-bond acceptors (Lipinski definition) is 4. The zero-order valence-electron chi connectivity index (χ0n) is 12.2. The van der Waals surface area contributed by atoms with Crippen molar-refractivity contribution in [3.05, 3.63) is 0 Å². The summed E-state index contributed by atoms with van der Waals surface area (Å²) in [4.78, 5) is 14.5. The maximum atomic E-state index is 12.7. The van der Waals surface area contributed by atoms with Gasteiger partial charge in [-0.05, 0) is 32.6 Å². The smallest absolute Gasteiger partial charge is 0.236 e. The number of methoxy groups -OCH3 is 1. The van der Waals surface area contributed by atoms with Crippen molar-refractivity contribution < 1.29 is 14.7 Å². The number of carbonyl (C=O) groups excluding carboxylic acids is 1. The second-order valence-corrected chi connectivity index (χ2v) is 5.48. The molecule has 1 rings (SSSR count). The number of carbonyl (C=O) groups is 1. The van der Waals surface area contributed by atoms with E-state index in [1.54, 1.807) is 12.0 Å². The van der Waals surface area contributed by atoms with E-state index in [1.165, 1.54) is 0 Å². The molecular weight excluding hydrogens is 246 g/mol. The van der Waals surface area contributed by atoms with Gasteiger partial charge in [0.25, 0.3) is 0 Å². The van der Waals surface area contributed by atoms with E-state index in [4.69, 9.17) is 15.7 Å². The number of amidine groups is 1. The van der Waals surface area contributed by atoms with Crippen LogP contribution >= 0.6 is 0 Å². The normalized spacial score (nSPS) is 28.6. The monoisotopic (exact) mass is 271 g/mol. The number of oxime groups is 1. The first-order valence-corrected chi connectivity index (χ1v) is 6.71. The first-order valence-electron chi connectivity index (χ1n) is 6.71. The van der Waals surface area contributed by atoms with Crippen LogP contribution in [0.1, 0.15) is 33.6 Å². The second-order valence-electron chi connectivity index (χ2n) is 5.48. The molecule has 1 atom stereocenters. The van der Waals surface area contributed by atoms with Crippen LogP contribution in [0.15, 0.2) is 5.16 Å². The lowest BCUT2D eigenvalue weighted by Gasteiger charge is -2.47. The van der Waals surface area contributed by atoms with E-state index in [0.717, 1.165) is 0 Å². The van der Waals surface area contributed by atoms with Crippen LogP contribution < -0.4 is 5.73 Å². The van der Waals surface area contributed by atoms with Crippen LogP contribution in [0.3, 0.4) is 0 Å². The molecule has 0 aromatic heterocycles. The summed E-state index contributed by atoms with van der Waals surface area (Å²) in [6, 6.07) is -0.0261. The van der Waals surface area contributed by atoms with Gasteiger partial charge in [0.1, 0.15) is 5.41 Å². The lowest BCUT2D eigenvalue weighted by Crippen LogP contribution is -2.59. The highest BCUT2D eigenvalue weighted by molar-refractivity contribution is 6.07. The zero-order valence-corrected chi connectivity index (χ0v) is 12.2. The fourth-order valence-corrected chi connectivity index (χ4v) is 2.98. The molecule has 1 aliphatic rings. The molecule has 1 amide bonds. The Kier molecular flexibility index (Phi) is 5.17. The fourth-order valence-electron chi connectivity index (χ4n) is 2.98. The molecule has 0 aromatic rings. The van der Waals surface area contributed by atoms with Crippen molar-refractivity contribution in [1.82, 2.24) is 4.90 Å². The number of ether oxygens (including phenoxy) is 1. The van der Waals surface area contributed by atoms with Crippen LogP contribution in [0.2, 0.25) is 0 Å². The van der Waals surface area contributed by atoms with E-state index in [9.17, 15) is 4.79 Å². The molecule has 0 heterocycles. The molecule has 0 saturated heterocycles. The predicted octanol–water partition coefficient (Wildman–Crippen LogP) is 1.03. The minimum absolute atomic E-state index is 0.0261. The molecule has 6 nitrogen and oxygen atoms in total. The Bertz CT molecular complexity index is 351. The molecule has 110 valence electrons. The Hall–Kier alpha value is -1.30. The predicted molar refractivity (Wildman–Crippen MR) is 73.0 cm³/mol. The van der Waals surface area contributed by atoms with E-state index in [0.29, 0.717) is 31.9 Å². The molecular formula is C13H25N3O3. The van der Waals surface area contributed by atoms with Crippen LogP contribution in [-0.2, 0) is 9.53 Å². The van der Waals surface area contributed by atoms with Gasteiger partial charge >= 0.3 is 0 Å². The molecule has 0 aromatic carbocycles. The van der Waals surface area contributed by atoms with Crippen molar-refractivity contribution in [2.75, 3.05) is 20.3 Å². The number of nitrogens with zero attached hydrogens (tertiary/aromatic N) is 2. The summed E-state index contributed by atoms with van der Waals surface area (Å²) in [6.45, 7) is 6.98. The van der Waals surface area contributed by atoms with Gasteiger partial charge in [-0.2, -0.15) is 0 Å². The molecule has 0 spiro atoms. The van der Waals surface area contributed by atoms with Gasteiger partial charge in [0.15, 0.2) is 5.84 Å². The van der Waals surface area contributed by atoms with E-state index in [1.807, 2.05) is 13.8 Å². The van der Waals surface area contributed by atoms with Crippen molar-refractivity contribution in [1.29, 1.82) is 0 Å². The molecule has 19 heavy (non-hydrogen) atoms.